The molecule has 0 N–H and O–H groups in total. The molecule has 4 heterocycles. The molecule has 14 aromatic rings. The predicted octanol–water partition coefficient (Wildman–Crippen LogP) is 15.3. The topological polar surface area (TPSA) is 61.7 Å². The van der Waals surface area contributed by atoms with Crippen LogP contribution >= 0.6 is 0 Å². The summed E-state index contributed by atoms with van der Waals surface area (Å²) in [4.78, 5) is 16.3. The second-order valence-corrected chi connectivity index (χ2v) is 16.8. The van der Waals surface area contributed by atoms with Crippen molar-refractivity contribution in [3.63, 3.8) is 0 Å². The van der Waals surface area contributed by atoms with E-state index < -0.39 is 0 Å². The summed E-state index contributed by atoms with van der Waals surface area (Å²) in [6.07, 6.45) is 0. The van der Waals surface area contributed by atoms with Crippen molar-refractivity contribution in [3.8, 4) is 45.5 Å². The molecular weight excluding hydrogens is 795 g/mol. The molecule has 4 aromatic heterocycles. The van der Waals surface area contributed by atoms with Gasteiger partial charge in [0.1, 0.15) is 11.2 Å². The molecule has 0 fully saturated rings. The Hall–Kier alpha value is -8.87. The Morgan fingerprint density at radius 3 is 1.62 bits per heavy atom. The van der Waals surface area contributed by atoms with Crippen LogP contribution in [0.25, 0.3) is 133 Å². The van der Waals surface area contributed by atoms with Gasteiger partial charge in [-0.3, -0.25) is 0 Å². The van der Waals surface area contributed by atoms with E-state index in [2.05, 4.69) is 203 Å². The van der Waals surface area contributed by atoms with Gasteiger partial charge in [0, 0.05) is 60.8 Å². The molecule has 0 amide bonds. The van der Waals surface area contributed by atoms with Crippen molar-refractivity contribution < 1.29 is 4.42 Å². The number of benzene rings is 10. The molecule has 0 radical (unpaired) electrons. The first kappa shape index (κ1) is 35.7. The molecule has 0 aliphatic heterocycles. The van der Waals surface area contributed by atoms with Crippen LogP contribution in [0.15, 0.2) is 217 Å². The van der Waals surface area contributed by atoms with Crippen molar-refractivity contribution in [3.05, 3.63) is 212 Å². The average molecular weight is 830 g/mol. The van der Waals surface area contributed by atoms with Gasteiger partial charge in [-0.15, -0.1) is 0 Å². The Morgan fingerprint density at radius 1 is 0.323 bits per heavy atom. The number of aromatic nitrogens is 5. The Kier molecular flexibility index (Phi) is 7.59. The van der Waals surface area contributed by atoms with Crippen molar-refractivity contribution in [2.75, 3.05) is 0 Å². The molecule has 0 saturated heterocycles. The summed E-state index contributed by atoms with van der Waals surface area (Å²) >= 11 is 0. The van der Waals surface area contributed by atoms with Gasteiger partial charge < -0.3 is 13.6 Å². The normalized spacial score (nSPS) is 12.0. The molecule has 10 aromatic carbocycles. The van der Waals surface area contributed by atoms with E-state index >= 15 is 0 Å². The van der Waals surface area contributed by atoms with E-state index in [0.717, 1.165) is 93.6 Å². The number of furan rings is 1. The Labute approximate surface area is 371 Å². The highest BCUT2D eigenvalue weighted by Crippen LogP contribution is 2.43. The summed E-state index contributed by atoms with van der Waals surface area (Å²) in [6, 6.07) is 75.0. The quantitative estimate of drug-likeness (QED) is 0.173. The summed E-state index contributed by atoms with van der Waals surface area (Å²) in [5, 5.41) is 11.2. The van der Waals surface area contributed by atoms with Crippen LogP contribution in [-0.2, 0) is 0 Å². The van der Waals surface area contributed by atoms with Gasteiger partial charge in [-0.2, -0.15) is 0 Å². The lowest BCUT2D eigenvalue weighted by molar-refractivity contribution is 0.669. The van der Waals surface area contributed by atoms with Gasteiger partial charge in [0.2, 0.25) is 0 Å². The number of rotatable bonds is 5. The molecule has 0 unspecified atom stereocenters. The second kappa shape index (κ2) is 13.8. The lowest BCUT2D eigenvalue weighted by atomic mass is 10.0. The maximum Gasteiger partial charge on any atom is 0.166 e. The molecule has 0 aliphatic rings. The number of fused-ring (bicyclic) bond motifs is 11. The SMILES string of the molecule is c1ccc(-c2nc(-c3cc(-n4c5ccccc5c5cc6ccccc6cc54)cc4oc5cc6ccccc6cc5c34)nc(-c3cccc4c5ccccc5n(-c5ccccc5)c34)n2)cc1. The largest absolute Gasteiger partial charge is 0.456 e. The average Bonchev–Trinajstić information content (AvgIpc) is 4.02. The minimum absolute atomic E-state index is 0.558. The van der Waals surface area contributed by atoms with Gasteiger partial charge >= 0.3 is 0 Å². The van der Waals surface area contributed by atoms with Gasteiger partial charge in [-0.05, 0) is 82.2 Å². The fourth-order valence-corrected chi connectivity index (χ4v) is 10.2. The Balaban J connectivity index is 1.11. The first-order valence-electron chi connectivity index (χ1n) is 21.9. The number of hydrogen-bond acceptors (Lipinski definition) is 4. The van der Waals surface area contributed by atoms with Crippen LogP contribution in [0.2, 0.25) is 0 Å². The van der Waals surface area contributed by atoms with Crippen LogP contribution in [0.1, 0.15) is 0 Å². The van der Waals surface area contributed by atoms with Gasteiger partial charge in [-0.25, -0.2) is 15.0 Å². The van der Waals surface area contributed by atoms with Crippen LogP contribution < -0.4 is 0 Å². The van der Waals surface area contributed by atoms with Gasteiger partial charge in [0.25, 0.3) is 0 Å². The minimum Gasteiger partial charge on any atom is -0.456 e. The zero-order valence-electron chi connectivity index (χ0n) is 34.9. The van der Waals surface area contributed by atoms with Gasteiger partial charge in [0.05, 0.1) is 27.8 Å². The van der Waals surface area contributed by atoms with Crippen LogP contribution in [-0.4, -0.2) is 24.1 Å². The molecule has 0 bridgehead atoms. The van der Waals surface area contributed by atoms with Crippen LogP contribution in [0, 0.1) is 0 Å². The van der Waals surface area contributed by atoms with Crippen LogP contribution in [0.5, 0.6) is 0 Å². The molecule has 302 valence electrons. The van der Waals surface area contributed by atoms with Crippen molar-refractivity contribution in [2.45, 2.75) is 0 Å². The molecule has 0 spiro atoms. The summed E-state index contributed by atoms with van der Waals surface area (Å²) in [6.45, 7) is 0. The molecule has 0 atom stereocenters. The molecule has 6 nitrogen and oxygen atoms in total. The summed E-state index contributed by atoms with van der Waals surface area (Å²) < 4.78 is 11.7. The van der Waals surface area contributed by atoms with E-state index in [-0.39, 0.29) is 0 Å². The zero-order valence-corrected chi connectivity index (χ0v) is 34.9. The third kappa shape index (κ3) is 5.44. The van der Waals surface area contributed by atoms with Crippen LogP contribution in [0.3, 0.4) is 0 Å². The molecular formula is C59H35N5O. The fourth-order valence-electron chi connectivity index (χ4n) is 10.2. The van der Waals surface area contributed by atoms with E-state index in [9.17, 15) is 0 Å². The summed E-state index contributed by atoms with van der Waals surface area (Å²) in [5.74, 6) is 1.73. The zero-order chi connectivity index (χ0) is 42.6. The lowest BCUT2D eigenvalue weighted by Gasteiger charge is -2.14. The van der Waals surface area contributed by atoms with E-state index in [1.54, 1.807) is 0 Å². The third-order valence-corrected chi connectivity index (χ3v) is 13.1. The van der Waals surface area contributed by atoms with E-state index in [1.807, 2.05) is 18.2 Å². The second-order valence-electron chi connectivity index (χ2n) is 16.8. The fraction of sp³-hybridized carbons (Fsp3) is 0. The minimum atomic E-state index is 0.558. The van der Waals surface area contributed by atoms with E-state index in [0.29, 0.717) is 17.5 Å². The monoisotopic (exact) mass is 829 g/mol. The highest BCUT2D eigenvalue weighted by Gasteiger charge is 2.24. The van der Waals surface area contributed by atoms with E-state index in [4.69, 9.17) is 19.4 Å². The molecule has 0 aliphatic carbocycles. The lowest BCUT2D eigenvalue weighted by Crippen LogP contribution is -2.03. The van der Waals surface area contributed by atoms with Crippen molar-refractivity contribution in [2.24, 2.45) is 0 Å². The third-order valence-electron chi connectivity index (χ3n) is 13.1. The maximum atomic E-state index is 6.95. The number of nitrogens with zero attached hydrogens (tertiary/aromatic N) is 5. The van der Waals surface area contributed by atoms with Crippen molar-refractivity contribution in [1.29, 1.82) is 0 Å². The highest BCUT2D eigenvalue weighted by atomic mass is 16.3. The number of hydrogen-bond donors (Lipinski definition) is 0. The van der Waals surface area contributed by atoms with Crippen molar-refractivity contribution in [1.82, 2.24) is 24.1 Å². The molecule has 65 heavy (non-hydrogen) atoms. The highest BCUT2D eigenvalue weighted by molar-refractivity contribution is 6.18. The van der Waals surface area contributed by atoms with Crippen LogP contribution in [0.4, 0.5) is 0 Å². The maximum absolute atomic E-state index is 6.95. The smallest absolute Gasteiger partial charge is 0.166 e. The Bertz CT molecular complexity index is 4240. The van der Waals surface area contributed by atoms with Gasteiger partial charge in [0.15, 0.2) is 17.5 Å². The van der Waals surface area contributed by atoms with E-state index in [1.165, 1.54) is 21.5 Å². The number of para-hydroxylation sites is 4. The molecule has 0 saturated carbocycles. The molecule has 14 rings (SSSR count). The van der Waals surface area contributed by atoms with Gasteiger partial charge in [-0.1, -0.05) is 146 Å². The predicted molar refractivity (Wildman–Crippen MR) is 267 cm³/mol. The standard InChI is InChI=1S/C59H35N5O/c1-3-16-36(17-4-1)57-60-58(46-27-15-26-45-43-24-11-14-29-51(43)64(56(45)46)41-22-5-2-6-23-41)62-59(61-57)49-34-42(35-54-55(49)48-31-38-19-8-10-21-40(38)33-53(48)65-54)63-50-28-13-12-25-44(50)47-30-37-18-7-9-20-39(37)32-52(47)63/h1-35H. The first-order chi connectivity index (χ1) is 32.2. The Morgan fingerprint density at radius 2 is 0.877 bits per heavy atom. The first-order valence-corrected chi connectivity index (χ1v) is 21.9. The molecule has 6 heteroatoms. The summed E-state index contributed by atoms with van der Waals surface area (Å²) in [7, 11) is 0. The van der Waals surface area contributed by atoms with Crippen molar-refractivity contribution >= 4 is 87.1 Å². The summed E-state index contributed by atoms with van der Waals surface area (Å²) in [5.41, 5.74) is 10.6.